The van der Waals surface area contributed by atoms with Crippen LogP contribution in [-0.2, 0) is 52.4 Å². The number of hydrogen-bond acceptors (Lipinski definition) is 12. The summed E-state index contributed by atoms with van der Waals surface area (Å²) in [6.07, 6.45) is 13.2. The highest BCUT2D eigenvalue weighted by Crippen LogP contribution is 2.67. The molecule has 4 aliphatic carbocycles. The molecule has 0 aromatic heterocycles. The molecule has 0 spiro atoms. The van der Waals surface area contributed by atoms with Gasteiger partial charge in [0.1, 0.15) is 25.1 Å². The Kier molecular flexibility index (Phi) is 17.3. The van der Waals surface area contributed by atoms with E-state index in [9.17, 15) is 28.8 Å². The Hall–Kier alpha value is -3.18. The summed E-state index contributed by atoms with van der Waals surface area (Å²) in [6, 6.07) is 0. The Balaban J connectivity index is 1.06. The van der Waals surface area contributed by atoms with E-state index in [1.54, 1.807) is 13.8 Å². The number of hydrogen-bond donors (Lipinski definition) is 0. The Morgan fingerprint density at radius 3 is 1.93 bits per heavy atom. The molecule has 324 valence electrons. The molecular formula is C45H72O12. The quantitative estimate of drug-likeness (QED) is 0.0498. The van der Waals surface area contributed by atoms with Crippen LogP contribution in [0.4, 0.5) is 4.79 Å². The molecule has 4 saturated carbocycles. The van der Waals surface area contributed by atoms with Gasteiger partial charge >= 0.3 is 30.0 Å². The van der Waals surface area contributed by atoms with Gasteiger partial charge in [0, 0.05) is 33.1 Å². The fourth-order valence-corrected chi connectivity index (χ4v) is 11.3. The van der Waals surface area contributed by atoms with Crippen LogP contribution in [-0.4, -0.2) is 67.5 Å². The maximum Gasteiger partial charge on any atom is 0.511 e. The van der Waals surface area contributed by atoms with Gasteiger partial charge in [0.15, 0.2) is 6.10 Å². The molecule has 0 aliphatic heterocycles. The first kappa shape index (κ1) is 46.5. The van der Waals surface area contributed by atoms with E-state index in [4.69, 9.17) is 28.4 Å². The molecule has 57 heavy (non-hydrogen) atoms. The molecule has 12 heteroatoms. The molecule has 0 heterocycles. The Morgan fingerprint density at radius 2 is 1.28 bits per heavy atom. The van der Waals surface area contributed by atoms with Gasteiger partial charge in [-0.2, -0.15) is 0 Å². The molecule has 0 aromatic rings. The molecular weight excluding hydrogens is 732 g/mol. The van der Waals surface area contributed by atoms with Crippen molar-refractivity contribution in [1.82, 2.24) is 0 Å². The first-order valence-corrected chi connectivity index (χ1v) is 22.0. The zero-order chi connectivity index (χ0) is 41.9. The second kappa shape index (κ2) is 21.2. The normalized spacial score (nSPS) is 30.7. The zero-order valence-corrected chi connectivity index (χ0v) is 36.1. The first-order chi connectivity index (χ1) is 26.9. The molecule has 0 bridgehead atoms. The minimum atomic E-state index is -1.04. The molecule has 0 amide bonds. The number of unbranched alkanes of at least 4 members (excludes halogenated alkanes) is 4. The lowest BCUT2D eigenvalue weighted by Gasteiger charge is -2.61. The summed E-state index contributed by atoms with van der Waals surface area (Å²) in [5.41, 5.74) is 0.383. The van der Waals surface area contributed by atoms with E-state index in [0.717, 1.165) is 77.0 Å². The SMILES string of the molecule is CC(=O)OCC(COC(C)=O)OC(=O)CC(C)CCCCCCCC(C)C(=O)OC(C)OC(=O)O[C@@H]1CC[C@@]2(C)[C@@H](CC[C@@H]3[C@@H]2CC[C@]2(C)C(C(C)=O)CC[C@@H]32)C1. The lowest BCUT2D eigenvalue weighted by molar-refractivity contribution is -0.175. The van der Waals surface area contributed by atoms with Gasteiger partial charge in [0.05, 0.1) is 5.92 Å². The number of rotatable bonds is 20. The van der Waals surface area contributed by atoms with Crippen LogP contribution >= 0.6 is 0 Å². The van der Waals surface area contributed by atoms with E-state index in [1.165, 1.54) is 33.1 Å². The minimum absolute atomic E-state index is 0.102. The van der Waals surface area contributed by atoms with Crippen molar-refractivity contribution in [3.8, 4) is 0 Å². The summed E-state index contributed by atoms with van der Waals surface area (Å²) in [6.45, 7) is 14.2. The lowest BCUT2D eigenvalue weighted by atomic mass is 9.44. The van der Waals surface area contributed by atoms with E-state index in [0.29, 0.717) is 35.9 Å². The second-order valence-electron chi connectivity index (χ2n) is 18.6. The number of fused-ring (bicyclic) bond motifs is 5. The maximum atomic E-state index is 12.8. The van der Waals surface area contributed by atoms with Crippen molar-refractivity contribution in [2.24, 2.45) is 52.3 Å². The largest absolute Gasteiger partial charge is 0.511 e. The van der Waals surface area contributed by atoms with E-state index >= 15 is 0 Å². The number of carbonyl (C=O) groups excluding carboxylic acids is 6. The van der Waals surface area contributed by atoms with Crippen LogP contribution in [0.15, 0.2) is 0 Å². The van der Waals surface area contributed by atoms with Crippen LogP contribution in [0.1, 0.15) is 165 Å². The highest BCUT2D eigenvalue weighted by atomic mass is 16.8. The number of Topliss-reactive ketones (excluding diaryl/α,β-unsaturated/α-hetero) is 1. The molecule has 4 aliphatic rings. The summed E-state index contributed by atoms with van der Waals surface area (Å²) in [4.78, 5) is 72.7. The van der Waals surface area contributed by atoms with Crippen molar-refractivity contribution in [3.63, 3.8) is 0 Å². The topological polar surface area (TPSA) is 158 Å². The number of carbonyl (C=O) groups is 6. The van der Waals surface area contributed by atoms with Crippen molar-refractivity contribution >= 4 is 35.8 Å². The van der Waals surface area contributed by atoms with Crippen LogP contribution in [0.3, 0.4) is 0 Å². The fraction of sp³-hybridized carbons (Fsp3) is 0.867. The predicted octanol–water partition coefficient (Wildman–Crippen LogP) is 9.08. The van der Waals surface area contributed by atoms with E-state index < -0.39 is 42.4 Å². The minimum Gasteiger partial charge on any atom is -0.462 e. The van der Waals surface area contributed by atoms with Gasteiger partial charge in [-0.15, -0.1) is 0 Å². The molecule has 12 nitrogen and oxygen atoms in total. The van der Waals surface area contributed by atoms with Gasteiger partial charge in [-0.3, -0.25) is 24.0 Å². The number of esters is 4. The van der Waals surface area contributed by atoms with Gasteiger partial charge in [-0.05, 0) is 112 Å². The molecule has 4 fully saturated rings. The molecule has 0 saturated heterocycles. The van der Waals surface area contributed by atoms with Crippen molar-refractivity contribution in [2.45, 2.75) is 183 Å². The number of ether oxygens (including phenoxy) is 6. The van der Waals surface area contributed by atoms with Crippen molar-refractivity contribution in [2.75, 3.05) is 13.2 Å². The lowest BCUT2D eigenvalue weighted by Crippen LogP contribution is -2.54. The second-order valence-corrected chi connectivity index (χ2v) is 18.6. The van der Waals surface area contributed by atoms with Crippen molar-refractivity contribution < 1.29 is 57.2 Å². The maximum absolute atomic E-state index is 12.8. The first-order valence-electron chi connectivity index (χ1n) is 22.0. The fourth-order valence-electron chi connectivity index (χ4n) is 11.3. The van der Waals surface area contributed by atoms with Gasteiger partial charge in [-0.1, -0.05) is 66.2 Å². The number of ketones is 1. The zero-order valence-electron chi connectivity index (χ0n) is 36.1. The summed E-state index contributed by atoms with van der Waals surface area (Å²) >= 11 is 0. The van der Waals surface area contributed by atoms with Crippen LogP contribution in [0.25, 0.3) is 0 Å². The molecule has 0 aromatic carbocycles. The third kappa shape index (κ3) is 12.9. The predicted molar refractivity (Wildman–Crippen MR) is 211 cm³/mol. The summed E-state index contributed by atoms with van der Waals surface area (Å²) in [7, 11) is 0. The van der Waals surface area contributed by atoms with E-state index in [1.807, 2.05) is 13.8 Å². The Morgan fingerprint density at radius 1 is 0.667 bits per heavy atom. The van der Waals surface area contributed by atoms with E-state index in [-0.39, 0.29) is 54.3 Å². The molecule has 4 unspecified atom stereocenters. The van der Waals surface area contributed by atoms with Gasteiger partial charge < -0.3 is 28.4 Å². The monoisotopic (exact) mass is 805 g/mol. The average molecular weight is 805 g/mol. The highest BCUT2D eigenvalue weighted by molar-refractivity contribution is 5.79. The van der Waals surface area contributed by atoms with Gasteiger partial charge in [0.2, 0.25) is 6.29 Å². The van der Waals surface area contributed by atoms with Gasteiger partial charge in [0.25, 0.3) is 0 Å². The van der Waals surface area contributed by atoms with Crippen LogP contribution in [0.5, 0.6) is 0 Å². The highest BCUT2D eigenvalue weighted by Gasteiger charge is 2.61. The third-order valence-electron chi connectivity index (χ3n) is 14.4. The van der Waals surface area contributed by atoms with Crippen LogP contribution in [0.2, 0.25) is 0 Å². The molecule has 4 rings (SSSR count). The summed E-state index contributed by atoms with van der Waals surface area (Å²) in [5, 5.41) is 0. The van der Waals surface area contributed by atoms with Crippen molar-refractivity contribution in [1.29, 1.82) is 0 Å². The average Bonchev–Trinajstić information content (AvgIpc) is 3.49. The van der Waals surface area contributed by atoms with Crippen molar-refractivity contribution in [3.05, 3.63) is 0 Å². The Bertz CT molecular complexity index is 1380. The third-order valence-corrected chi connectivity index (χ3v) is 14.4. The standard InChI is InChI=1S/C45H72O12/c1-28(24-41(49)56-36(26-52-31(4)47)27-53-32(5)48)14-12-10-9-11-13-15-29(2)42(50)54-33(6)55-43(51)57-35-20-22-44(7)34(25-35)16-17-37-39-19-18-38(30(3)46)45(39,8)23-21-40(37)44/h28-29,33-40H,9-27H2,1-8H3/t28?,29?,33?,34-,35+,37-,38?,39-,40-,44-,45+/m0/s1. The van der Waals surface area contributed by atoms with Crippen LogP contribution < -0.4 is 0 Å². The molecule has 0 N–H and O–H groups in total. The molecule has 11 atom stereocenters. The smallest absolute Gasteiger partial charge is 0.462 e. The Labute approximate surface area is 340 Å². The molecule has 0 radical (unpaired) electrons. The summed E-state index contributed by atoms with van der Waals surface area (Å²) in [5.74, 6) is 1.00. The summed E-state index contributed by atoms with van der Waals surface area (Å²) < 4.78 is 31.9. The van der Waals surface area contributed by atoms with E-state index in [2.05, 4.69) is 13.8 Å². The van der Waals surface area contributed by atoms with Crippen LogP contribution in [0, 0.1) is 52.3 Å². The van der Waals surface area contributed by atoms with Gasteiger partial charge in [-0.25, -0.2) is 4.79 Å².